The minimum atomic E-state index is -0.362. The molecule has 3 aromatic rings. The summed E-state index contributed by atoms with van der Waals surface area (Å²) in [5.74, 6) is -0.362. The normalized spacial score (nSPS) is 10.8. The highest BCUT2D eigenvalue weighted by atomic mass is 16.5. The molecule has 0 saturated heterocycles. The van der Waals surface area contributed by atoms with Gasteiger partial charge in [0.05, 0.1) is 12.8 Å². The van der Waals surface area contributed by atoms with Crippen molar-refractivity contribution in [2.24, 2.45) is 0 Å². The highest BCUT2D eigenvalue weighted by molar-refractivity contribution is 6.03. The molecule has 0 aliphatic carbocycles. The Morgan fingerprint density at radius 3 is 2.63 bits per heavy atom. The summed E-state index contributed by atoms with van der Waals surface area (Å²) >= 11 is 0. The zero-order chi connectivity index (χ0) is 13.4. The van der Waals surface area contributed by atoms with Gasteiger partial charge in [-0.05, 0) is 30.7 Å². The van der Waals surface area contributed by atoms with Gasteiger partial charge in [0.15, 0.2) is 0 Å². The predicted octanol–water partition coefficient (Wildman–Crippen LogP) is 3.05. The Kier molecular flexibility index (Phi) is 2.63. The number of carbonyl (C=O) groups is 1. The smallest absolute Gasteiger partial charge is 0.356 e. The number of aromatic amines is 1. The van der Waals surface area contributed by atoms with Gasteiger partial charge in [0, 0.05) is 23.3 Å². The molecule has 0 unspecified atom stereocenters. The molecule has 0 aliphatic rings. The molecule has 1 aromatic carbocycles. The van der Waals surface area contributed by atoms with E-state index in [4.69, 9.17) is 4.74 Å². The first-order valence-electron chi connectivity index (χ1n) is 6.05. The van der Waals surface area contributed by atoms with Crippen molar-refractivity contribution in [3.63, 3.8) is 0 Å². The van der Waals surface area contributed by atoms with Crippen LogP contribution in [0, 0.1) is 6.92 Å². The van der Waals surface area contributed by atoms with Crippen LogP contribution in [0.4, 0.5) is 0 Å². The van der Waals surface area contributed by atoms with Crippen molar-refractivity contribution < 1.29 is 9.53 Å². The first-order chi connectivity index (χ1) is 9.22. The summed E-state index contributed by atoms with van der Waals surface area (Å²) in [6.45, 7) is 2.03. The van der Waals surface area contributed by atoms with E-state index in [9.17, 15) is 4.79 Å². The van der Waals surface area contributed by atoms with E-state index in [1.165, 1.54) is 7.11 Å². The van der Waals surface area contributed by atoms with Crippen molar-refractivity contribution in [3.8, 4) is 5.69 Å². The molecule has 0 atom stereocenters. The summed E-state index contributed by atoms with van der Waals surface area (Å²) in [5, 5.41) is 1.04. The fourth-order valence-electron chi connectivity index (χ4n) is 2.40. The van der Waals surface area contributed by atoms with Gasteiger partial charge in [-0.25, -0.2) is 4.79 Å². The summed E-state index contributed by atoms with van der Waals surface area (Å²) in [6, 6.07) is 9.82. The van der Waals surface area contributed by atoms with Gasteiger partial charge in [-0.15, -0.1) is 0 Å². The van der Waals surface area contributed by atoms with Crippen LogP contribution in [0.2, 0.25) is 0 Å². The fourth-order valence-corrected chi connectivity index (χ4v) is 2.40. The third-order valence-corrected chi connectivity index (χ3v) is 3.26. The molecule has 2 heterocycles. The second-order valence-electron chi connectivity index (χ2n) is 4.43. The molecule has 19 heavy (non-hydrogen) atoms. The Morgan fingerprint density at radius 1 is 1.21 bits per heavy atom. The highest BCUT2D eigenvalue weighted by Crippen LogP contribution is 2.29. The second-order valence-corrected chi connectivity index (χ2v) is 4.43. The van der Waals surface area contributed by atoms with Crippen LogP contribution in [-0.2, 0) is 4.74 Å². The Morgan fingerprint density at radius 2 is 1.95 bits per heavy atom. The molecule has 0 amide bonds. The van der Waals surface area contributed by atoms with Gasteiger partial charge in [0.1, 0.15) is 5.69 Å². The lowest BCUT2D eigenvalue weighted by Crippen LogP contribution is -2.06. The number of carbonyl (C=O) groups excluding carboxylic acids is 1. The monoisotopic (exact) mass is 254 g/mol. The van der Waals surface area contributed by atoms with Crippen LogP contribution >= 0.6 is 0 Å². The molecule has 96 valence electrons. The van der Waals surface area contributed by atoms with Gasteiger partial charge >= 0.3 is 5.97 Å². The molecule has 0 aliphatic heterocycles. The number of rotatable bonds is 2. The summed E-state index contributed by atoms with van der Waals surface area (Å²) in [6.07, 6.45) is 3.84. The number of nitrogens with one attached hydrogen (secondary N) is 1. The predicted molar refractivity (Wildman–Crippen MR) is 73.7 cm³/mol. The minimum absolute atomic E-state index is 0.362. The molecule has 0 fully saturated rings. The molecule has 3 rings (SSSR count). The van der Waals surface area contributed by atoms with E-state index in [1.54, 1.807) is 0 Å². The van der Waals surface area contributed by atoms with Crippen molar-refractivity contribution >= 4 is 16.9 Å². The maximum atomic E-state index is 11.9. The Labute approximate surface area is 110 Å². The van der Waals surface area contributed by atoms with E-state index < -0.39 is 0 Å². The molecular weight excluding hydrogens is 240 g/mol. The van der Waals surface area contributed by atoms with Gasteiger partial charge in [-0.1, -0.05) is 12.1 Å². The molecular formula is C15H14N2O2. The average Bonchev–Trinajstić information content (AvgIpc) is 3.04. The maximum absolute atomic E-state index is 11.9. The quantitative estimate of drug-likeness (QED) is 0.714. The third-order valence-electron chi connectivity index (χ3n) is 3.26. The number of aromatic nitrogens is 2. The third kappa shape index (κ3) is 1.73. The van der Waals surface area contributed by atoms with Crippen LogP contribution in [0.15, 0.2) is 42.7 Å². The molecule has 0 bridgehead atoms. The number of aryl methyl sites for hydroxylation is 1. The Balaban J connectivity index is 2.40. The number of hydrogen-bond acceptors (Lipinski definition) is 2. The number of benzene rings is 1. The number of ether oxygens (including phenoxy) is 1. The van der Waals surface area contributed by atoms with Crippen molar-refractivity contribution in [1.29, 1.82) is 0 Å². The van der Waals surface area contributed by atoms with Gasteiger partial charge < -0.3 is 14.3 Å². The van der Waals surface area contributed by atoms with Crippen molar-refractivity contribution in [2.45, 2.75) is 6.92 Å². The number of hydrogen-bond donors (Lipinski definition) is 1. The van der Waals surface area contributed by atoms with E-state index in [-0.39, 0.29) is 5.97 Å². The van der Waals surface area contributed by atoms with Gasteiger partial charge in [0.25, 0.3) is 0 Å². The maximum Gasteiger partial charge on any atom is 0.356 e. The standard InChI is InChI=1S/C15H14N2O2/c1-10-6-5-7-11-12(10)14(17-8-3-4-9-17)13(16-11)15(18)19-2/h3-9,16H,1-2H3. The minimum Gasteiger partial charge on any atom is -0.464 e. The molecule has 4 nitrogen and oxygen atoms in total. The lowest BCUT2D eigenvalue weighted by molar-refractivity contribution is 0.0595. The number of fused-ring (bicyclic) bond motifs is 1. The summed E-state index contributed by atoms with van der Waals surface area (Å²) in [4.78, 5) is 15.1. The van der Waals surface area contributed by atoms with Crippen LogP contribution in [0.1, 0.15) is 16.1 Å². The number of esters is 1. The lowest BCUT2D eigenvalue weighted by atomic mass is 10.1. The van der Waals surface area contributed by atoms with Gasteiger partial charge in [-0.3, -0.25) is 0 Å². The van der Waals surface area contributed by atoms with Crippen molar-refractivity contribution in [3.05, 3.63) is 54.0 Å². The summed E-state index contributed by atoms with van der Waals surface area (Å²) in [5.41, 5.74) is 3.37. The number of nitrogens with zero attached hydrogens (tertiary/aromatic N) is 1. The average molecular weight is 254 g/mol. The first kappa shape index (κ1) is 11.6. The first-order valence-corrected chi connectivity index (χ1v) is 6.05. The van der Waals surface area contributed by atoms with E-state index in [0.29, 0.717) is 5.69 Å². The van der Waals surface area contributed by atoms with E-state index in [1.807, 2.05) is 54.2 Å². The SMILES string of the molecule is COC(=O)c1[nH]c2cccc(C)c2c1-n1cccc1. The van der Waals surface area contributed by atoms with Gasteiger partial charge in [0.2, 0.25) is 0 Å². The molecule has 0 spiro atoms. The van der Waals surface area contributed by atoms with Crippen LogP contribution in [0.3, 0.4) is 0 Å². The molecule has 0 radical (unpaired) electrons. The van der Waals surface area contributed by atoms with Crippen LogP contribution in [0.25, 0.3) is 16.6 Å². The summed E-state index contributed by atoms with van der Waals surface area (Å²) < 4.78 is 6.79. The zero-order valence-corrected chi connectivity index (χ0v) is 10.8. The second kappa shape index (κ2) is 4.31. The van der Waals surface area contributed by atoms with E-state index in [2.05, 4.69) is 4.98 Å². The van der Waals surface area contributed by atoms with Gasteiger partial charge in [-0.2, -0.15) is 0 Å². The molecule has 0 saturated carbocycles. The number of methoxy groups -OCH3 is 1. The van der Waals surface area contributed by atoms with E-state index in [0.717, 1.165) is 22.2 Å². The number of H-pyrrole nitrogens is 1. The van der Waals surface area contributed by atoms with E-state index >= 15 is 0 Å². The van der Waals surface area contributed by atoms with Crippen molar-refractivity contribution in [2.75, 3.05) is 7.11 Å². The Hall–Kier alpha value is -2.49. The molecule has 4 heteroatoms. The largest absolute Gasteiger partial charge is 0.464 e. The van der Waals surface area contributed by atoms with Crippen LogP contribution < -0.4 is 0 Å². The molecule has 1 N–H and O–H groups in total. The zero-order valence-electron chi connectivity index (χ0n) is 10.8. The summed E-state index contributed by atoms with van der Waals surface area (Å²) in [7, 11) is 1.39. The van der Waals surface area contributed by atoms with Crippen LogP contribution in [0.5, 0.6) is 0 Å². The fraction of sp³-hybridized carbons (Fsp3) is 0.133. The lowest BCUT2D eigenvalue weighted by Gasteiger charge is -2.06. The Bertz CT molecular complexity index is 739. The highest BCUT2D eigenvalue weighted by Gasteiger charge is 2.20. The van der Waals surface area contributed by atoms with Crippen molar-refractivity contribution in [1.82, 2.24) is 9.55 Å². The molecule has 2 aromatic heterocycles. The van der Waals surface area contributed by atoms with Crippen LogP contribution in [-0.4, -0.2) is 22.6 Å². The topological polar surface area (TPSA) is 47.0 Å².